The van der Waals surface area contributed by atoms with E-state index in [0.29, 0.717) is 44.5 Å². The number of hydrogen-bond donors (Lipinski definition) is 2. The van der Waals surface area contributed by atoms with Gasteiger partial charge in [0.15, 0.2) is 5.79 Å². The monoisotopic (exact) mass is 671 g/mol. The summed E-state index contributed by atoms with van der Waals surface area (Å²) >= 11 is 0. The molecule has 1 heterocycles. The Balaban J connectivity index is 1.32. The van der Waals surface area contributed by atoms with Gasteiger partial charge in [-0.05, 0) is 84.8 Å². The Kier molecular flexibility index (Phi) is 7.59. The second-order valence-electron chi connectivity index (χ2n) is 16.0. The average molecular weight is 672 g/mol. The van der Waals surface area contributed by atoms with Crippen LogP contribution in [0.15, 0.2) is 59.7 Å². The van der Waals surface area contributed by atoms with E-state index >= 15 is 8.78 Å². The fourth-order valence-electron chi connectivity index (χ4n) is 9.95. The summed E-state index contributed by atoms with van der Waals surface area (Å²) in [5.74, 6) is -7.82. The highest BCUT2D eigenvalue weighted by molar-refractivity contribution is 5.65. The number of rotatable bonds is 3. The Morgan fingerprint density at radius 1 is 0.833 bits per heavy atom. The van der Waals surface area contributed by atoms with E-state index < -0.39 is 52.8 Å². The van der Waals surface area contributed by atoms with Crippen LogP contribution in [0.4, 0.5) is 22.0 Å². The maximum atomic E-state index is 15.4. The summed E-state index contributed by atoms with van der Waals surface area (Å²) < 4.78 is 85.3. The third-order valence-corrected chi connectivity index (χ3v) is 12.6. The maximum Gasteiger partial charge on any atom is 0.456 e. The minimum absolute atomic E-state index is 0.0359. The van der Waals surface area contributed by atoms with Gasteiger partial charge in [-0.3, -0.25) is 0 Å². The van der Waals surface area contributed by atoms with Crippen LogP contribution in [0.25, 0.3) is 11.1 Å². The number of allylic oxidation sites excluding steroid dienone is 1. The zero-order valence-electron chi connectivity index (χ0n) is 27.5. The van der Waals surface area contributed by atoms with Gasteiger partial charge in [0.05, 0.1) is 30.4 Å². The van der Waals surface area contributed by atoms with Gasteiger partial charge in [0.25, 0.3) is 0 Å². The van der Waals surface area contributed by atoms with E-state index in [2.05, 4.69) is 19.9 Å². The molecule has 2 aromatic carbocycles. The predicted octanol–water partition coefficient (Wildman–Crippen LogP) is 8.45. The minimum atomic E-state index is -5.91. The molecule has 1 saturated heterocycles. The zero-order valence-corrected chi connectivity index (χ0v) is 27.5. The molecule has 3 unspecified atom stereocenters. The largest absolute Gasteiger partial charge is 0.456 e. The lowest BCUT2D eigenvalue weighted by Crippen LogP contribution is -2.65. The molecule has 6 atom stereocenters. The molecule has 5 aliphatic rings. The van der Waals surface area contributed by atoms with E-state index in [4.69, 9.17) is 9.47 Å². The number of nitrogens with zero attached hydrogens (tertiary/aromatic N) is 1. The van der Waals surface area contributed by atoms with E-state index in [1.54, 1.807) is 12.1 Å². The van der Waals surface area contributed by atoms with Crippen LogP contribution in [0.5, 0.6) is 0 Å². The van der Waals surface area contributed by atoms with Crippen LogP contribution < -0.4 is 0 Å². The lowest BCUT2D eigenvalue weighted by atomic mass is 9.49. The molecule has 0 amide bonds. The average Bonchev–Trinajstić information content (AvgIpc) is 3.32. The number of nitriles is 1. The first-order chi connectivity index (χ1) is 22.4. The SMILES string of the molecule is CC1(C)COC2(CCC3=C4C(CCC3(O)C2)C2CC[C@@](O)(C(F)(F)C(F)(F)F)[C@@]2(C)C[C@@H]4c2ccc(-c3ccc(C#N)cc3)cc2)OC1. The van der Waals surface area contributed by atoms with E-state index in [0.717, 1.165) is 27.8 Å². The first-order valence-corrected chi connectivity index (χ1v) is 16.9. The van der Waals surface area contributed by atoms with Gasteiger partial charge in [-0.25, -0.2) is 0 Å². The van der Waals surface area contributed by atoms with Crippen LogP contribution in [0.1, 0.15) is 89.2 Å². The molecule has 4 fully saturated rings. The molecule has 1 aliphatic heterocycles. The van der Waals surface area contributed by atoms with Crippen molar-refractivity contribution < 1.29 is 41.6 Å². The molecule has 7 rings (SSSR count). The van der Waals surface area contributed by atoms with Gasteiger partial charge < -0.3 is 19.7 Å². The molecule has 258 valence electrons. The summed E-state index contributed by atoms with van der Waals surface area (Å²) in [5.41, 5.74) is -1.74. The fraction of sp³-hybridized carbons (Fsp3) is 0.605. The maximum absolute atomic E-state index is 15.4. The highest BCUT2D eigenvalue weighted by atomic mass is 19.4. The standard InChI is InChI=1S/C38H42F5NO4/c1-32(2)21-47-35(48-22-32)16-13-30-31-27(12-15-34(30,45)20-35)29-14-17-36(46,37(39,40)38(41,42)43)33(29,3)18-28(31)26-10-8-25(9-11-26)24-6-4-23(19-44)5-7-24/h4-11,27-29,45-46H,12-18,20-22H2,1-3H3/t27?,28-,29?,33+,34?,36+/m1/s1. The number of hydrogen-bond acceptors (Lipinski definition) is 5. The molecule has 0 bridgehead atoms. The summed E-state index contributed by atoms with van der Waals surface area (Å²) in [5, 5.41) is 33.1. The Morgan fingerprint density at radius 2 is 1.44 bits per heavy atom. The Labute approximate surface area is 277 Å². The molecule has 2 N–H and O–H groups in total. The summed E-state index contributed by atoms with van der Waals surface area (Å²) in [4.78, 5) is 0. The van der Waals surface area contributed by atoms with Crippen molar-refractivity contribution in [3.8, 4) is 17.2 Å². The molecule has 0 radical (unpaired) electrons. The van der Waals surface area contributed by atoms with Gasteiger partial charge in [-0.1, -0.05) is 62.7 Å². The molecule has 0 aromatic heterocycles. The summed E-state index contributed by atoms with van der Waals surface area (Å²) in [6, 6.07) is 16.7. The predicted molar refractivity (Wildman–Crippen MR) is 168 cm³/mol. The van der Waals surface area contributed by atoms with Gasteiger partial charge >= 0.3 is 12.1 Å². The normalized spacial score (nSPS) is 35.8. The van der Waals surface area contributed by atoms with Crippen LogP contribution in [0.3, 0.4) is 0 Å². The van der Waals surface area contributed by atoms with Gasteiger partial charge in [0.1, 0.15) is 5.60 Å². The van der Waals surface area contributed by atoms with Crippen molar-refractivity contribution in [2.75, 3.05) is 13.2 Å². The Morgan fingerprint density at radius 3 is 2.02 bits per heavy atom. The minimum Gasteiger partial charge on any atom is -0.385 e. The van der Waals surface area contributed by atoms with Crippen LogP contribution in [0, 0.1) is 34.0 Å². The van der Waals surface area contributed by atoms with Crippen molar-refractivity contribution in [1.29, 1.82) is 5.26 Å². The number of aliphatic hydroxyl groups is 2. The van der Waals surface area contributed by atoms with E-state index in [9.17, 15) is 28.6 Å². The Bertz CT molecular complexity index is 1650. The zero-order chi connectivity index (χ0) is 34.5. The van der Waals surface area contributed by atoms with Gasteiger partial charge in [0.2, 0.25) is 0 Å². The second-order valence-corrected chi connectivity index (χ2v) is 16.0. The molecule has 10 heteroatoms. The fourth-order valence-corrected chi connectivity index (χ4v) is 9.95. The van der Waals surface area contributed by atoms with Crippen LogP contribution in [0.2, 0.25) is 0 Å². The second kappa shape index (κ2) is 10.8. The van der Waals surface area contributed by atoms with Gasteiger partial charge in [-0.2, -0.15) is 27.2 Å². The molecule has 4 aliphatic carbocycles. The number of benzene rings is 2. The van der Waals surface area contributed by atoms with Crippen molar-refractivity contribution in [3.05, 3.63) is 70.8 Å². The van der Waals surface area contributed by atoms with Gasteiger partial charge in [-0.15, -0.1) is 0 Å². The van der Waals surface area contributed by atoms with E-state index in [1.165, 1.54) is 6.92 Å². The highest BCUT2D eigenvalue weighted by Crippen LogP contribution is 2.71. The number of halogens is 5. The summed E-state index contributed by atoms with van der Waals surface area (Å²) in [6.45, 7) is 6.50. The van der Waals surface area contributed by atoms with Crippen molar-refractivity contribution in [1.82, 2.24) is 0 Å². The molecule has 2 aromatic rings. The first-order valence-electron chi connectivity index (χ1n) is 16.9. The molecule has 3 saturated carbocycles. The van der Waals surface area contributed by atoms with Crippen molar-refractivity contribution in [2.45, 2.75) is 107 Å². The number of alkyl halides is 5. The molecular formula is C38H42F5NO4. The third kappa shape index (κ3) is 4.90. The van der Waals surface area contributed by atoms with Crippen LogP contribution in [-0.2, 0) is 9.47 Å². The summed E-state index contributed by atoms with van der Waals surface area (Å²) in [7, 11) is 0. The van der Waals surface area contributed by atoms with E-state index in [-0.39, 0.29) is 30.6 Å². The van der Waals surface area contributed by atoms with Crippen molar-refractivity contribution >= 4 is 0 Å². The molecule has 48 heavy (non-hydrogen) atoms. The van der Waals surface area contributed by atoms with Gasteiger partial charge in [0, 0.05) is 29.6 Å². The quantitative estimate of drug-likeness (QED) is 0.253. The summed E-state index contributed by atoms with van der Waals surface area (Å²) in [6.07, 6.45) is -4.77. The molecule has 1 spiro atoms. The molecular weight excluding hydrogens is 629 g/mol. The lowest BCUT2D eigenvalue weighted by molar-refractivity contribution is -0.362. The Hall–Kier alpha value is -2.84. The van der Waals surface area contributed by atoms with Crippen molar-refractivity contribution in [2.24, 2.45) is 22.7 Å². The number of fused-ring (bicyclic) bond motifs is 4. The molecule has 5 nitrogen and oxygen atoms in total. The topological polar surface area (TPSA) is 82.7 Å². The highest BCUT2D eigenvalue weighted by Gasteiger charge is 2.79. The smallest absolute Gasteiger partial charge is 0.385 e. The van der Waals surface area contributed by atoms with Crippen LogP contribution in [-0.4, -0.2) is 52.5 Å². The first kappa shape index (κ1) is 33.6. The van der Waals surface area contributed by atoms with Crippen molar-refractivity contribution in [3.63, 3.8) is 0 Å². The van der Waals surface area contributed by atoms with Crippen LogP contribution >= 0.6 is 0 Å². The number of ether oxygens (including phenoxy) is 2. The third-order valence-electron chi connectivity index (χ3n) is 12.6. The van der Waals surface area contributed by atoms with E-state index in [1.807, 2.05) is 36.4 Å². The lowest BCUT2D eigenvalue weighted by Gasteiger charge is -2.59.